The van der Waals surface area contributed by atoms with Gasteiger partial charge < -0.3 is 15.0 Å². The van der Waals surface area contributed by atoms with Gasteiger partial charge in [0.1, 0.15) is 5.60 Å². The van der Waals surface area contributed by atoms with Crippen molar-refractivity contribution < 1.29 is 18.3 Å². The maximum Gasteiger partial charge on any atom is 0.410 e. The quantitative estimate of drug-likeness (QED) is 0.726. The Morgan fingerprint density at radius 2 is 2.06 bits per heavy atom. The van der Waals surface area contributed by atoms with Crippen LogP contribution in [0, 0.1) is 0 Å². The average Bonchev–Trinajstić information content (AvgIpc) is 2.69. The molecule has 2 aliphatic rings. The molecule has 104 valence electrons. The van der Waals surface area contributed by atoms with Gasteiger partial charge in [0.25, 0.3) is 5.92 Å². The van der Waals surface area contributed by atoms with Gasteiger partial charge in [-0.15, -0.1) is 0 Å². The summed E-state index contributed by atoms with van der Waals surface area (Å²) < 4.78 is 31.7. The van der Waals surface area contributed by atoms with Crippen molar-refractivity contribution in [1.29, 1.82) is 0 Å². The van der Waals surface area contributed by atoms with Crippen molar-refractivity contribution in [2.75, 3.05) is 19.6 Å². The van der Waals surface area contributed by atoms with Gasteiger partial charge in [-0.05, 0) is 27.2 Å². The van der Waals surface area contributed by atoms with Gasteiger partial charge in [-0.2, -0.15) is 0 Å². The van der Waals surface area contributed by atoms with Crippen molar-refractivity contribution in [2.24, 2.45) is 0 Å². The molecule has 2 rings (SSSR count). The number of nitrogens with zero attached hydrogens (tertiary/aromatic N) is 1. The molecule has 0 aromatic carbocycles. The van der Waals surface area contributed by atoms with Crippen LogP contribution in [-0.2, 0) is 4.74 Å². The zero-order valence-corrected chi connectivity index (χ0v) is 11.1. The second-order valence-corrected chi connectivity index (χ2v) is 6.32. The molecular formula is C12H20F2N2O2. The zero-order chi connectivity index (χ0) is 13.6. The summed E-state index contributed by atoms with van der Waals surface area (Å²) in [5.41, 5.74) is -1.18. The number of halogens is 2. The predicted molar refractivity (Wildman–Crippen MR) is 62.7 cm³/mol. The van der Waals surface area contributed by atoms with Gasteiger partial charge in [0, 0.05) is 25.0 Å². The summed E-state index contributed by atoms with van der Waals surface area (Å²) >= 11 is 0. The average molecular weight is 262 g/mol. The Labute approximate surface area is 106 Å². The van der Waals surface area contributed by atoms with Crippen LogP contribution in [0.2, 0.25) is 0 Å². The van der Waals surface area contributed by atoms with Gasteiger partial charge in [0.2, 0.25) is 0 Å². The van der Waals surface area contributed by atoms with Crippen LogP contribution in [0.15, 0.2) is 0 Å². The van der Waals surface area contributed by atoms with Crippen molar-refractivity contribution in [3.63, 3.8) is 0 Å². The molecule has 0 bridgehead atoms. The van der Waals surface area contributed by atoms with E-state index < -0.39 is 23.2 Å². The largest absolute Gasteiger partial charge is 0.444 e. The SMILES string of the molecule is CC(C)(C)OC(=O)N1CCC2(C1)CC(F)(F)CN2. The van der Waals surface area contributed by atoms with Crippen molar-refractivity contribution in [3.8, 4) is 0 Å². The second kappa shape index (κ2) is 4.05. The molecule has 2 saturated heterocycles. The molecule has 4 nitrogen and oxygen atoms in total. The molecule has 0 aromatic rings. The number of rotatable bonds is 0. The Morgan fingerprint density at radius 3 is 2.56 bits per heavy atom. The molecule has 0 aliphatic carbocycles. The van der Waals surface area contributed by atoms with E-state index in [0.717, 1.165) is 0 Å². The highest BCUT2D eigenvalue weighted by Gasteiger charge is 2.53. The molecule has 0 aromatic heterocycles. The van der Waals surface area contributed by atoms with Crippen LogP contribution in [0.25, 0.3) is 0 Å². The number of alkyl halides is 2. The Morgan fingerprint density at radius 1 is 1.39 bits per heavy atom. The first-order valence-corrected chi connectivity index (χ1v) is 6.22. The summed E-state index contributed by atoms with van der Waals surface area (Å²) in [5, 5.41) is 2.87. The number of ether oxygens (including phenoxy) is 1. The summed E-state index contributed by atoms with van der Waals surface area (Å²) in [6.07, 6.45) is -0.0578. The Bertz CT molecular complexity index is 354. The van der Waals surface area contributed by atoms with Crippen LogP contribution in [0.1, 0.15) is 33.6 Å². The molecular weight excluding hydrogens is 242 g/mol. The summed E-state index contributed by atoms with van der Waals surface area (Å²) in [6, 6.07) is 0. The number of likely N-dealkylation sites (tertiary alicyclic amines) is 1. The molecule has 1 N–H and O–H groups in total. The van der Waals surface area contributed by atoms with Gasteiger partial charge >= 0.3 is 6.09 Å². The lowest BCUT2D eigenvalue weighted by molar-refractivity contribution is 0.0136. The molecule has 2 fully saturated rings. The highest BCUT2D eigenvalue weighted by molar-refractivity contribution is 5.68. The van der Waals surface area contributed by atoms with Crippen molar-refractivity contribution in [1.82, 2.24) is 10.2 Å². The number of amides is 1. The summed E-state index contributed by atoms with van der Waals surface area (Å²) in [6.45, 7) is 5.85. The first-order chi connectivity index (χ1) is 8.11. The first kappa shape index (κ1) is 13.5. The number of carbonyl (C=O) groups is 1. The van der Waals surface area contributed by atoms with Crippen LogP contribution < -0.4 is 5.32 Å². The molecule has 2 aliphatic heterocycles. The van der Waals surface area contributed by atoms with E-state index in [9.17, 15) is 13.6 Å². The van der Waals surface area contributed by atoms with E-state index >= 15 is 0 Å². The van der Waals surface area contributed by atoms with Crippen LogP contribution in [-0.4, -0.2) is 47.7 Å². The lowest BCUT2D eigenvalue weighted by Crippen LogP contribution is -2.44. The summed E-state index contributed by atoms with van der Waals surface area (Å²) in [7, 11) is 0. The summed E-state index contributed by atoms with van der Waals surface area (Å²) in [5.74, 6) is -2.66. The maximum atomic E-state index is 13.2. The monoisotopic (exact) mass is 262 g/mol. The van der Waals surface area contributed by atoms with Crippen LogP contribution in [0.4, 0.5) is 13.6 Å². The molecule has 1 unspecified atom stereocenters. The highest BCUT2D eigenvalue weighted by atomic mass is 19.3. The zero-order valence-electron chi connectivity index (χ0n) is 11.1. The van der Waals surface area contributed by atoms with Gasteiger partial charge in [0.15, 0.2) is 0 Å². The van der Waals surface area contributed by atoms with E-state index in [0.29, 0.717) is 19.5 Å². The molecule has 1 atom stereocenters. The highest BCUT2D eigenvalue weighted by Crippen LogP contribution is 2.38. The third-order valence-corrected chi connectivity index (χ3v) is 3.32. The number of hydrogen-bond acceptors (Lipinski definition) is 3. The lowest BCUT2D eigenvalue weighted by Gasteiger charge is -2.26. The molecule has 18 heavy (non-hydrogen) atoms. The van der Waals surface area contributed by atoms with E-state index in [1.54, 1.807) is 20.8 Å². The van der Waals surface area contributed by atoms with Gasteiger partial charge in [-0.25, -0.2) is 13.6 Å². The van der Waals surface area contributed by atoms with E-state index in [-0.39, 0.29) is 13.0 Å². The van der Waals surface area contributed by atoms with E-state index in [1.807, 2.05) is 0 Å². The third kappa shape index (κ3) is 2.91. The fraction of sp³-hybridized carbons (Fsp3) is 0.917. The molecule has 0 radical (unpaired) electrons. The Kier molecular flexibility index (Phi) is 3.04. The van der Waals surface area contributed by atoms with Crippen molar-refractivity contribution >= 4 is 6.09 Å². The van der Waals surface area contributed by atoms with E-state index in [1.165, 1.54) is 4.90 Å². The molecule has 2 heterocycles. The standard InChI is InChI=1S/C12H20F2N2O2/c1-10(2,3)18-9(17)16-5-4-11(8-16)6-12(13,14)7-15-11/h15H,4-8H2,1-3H3. The minimum absolute atomic E-state index is 0.195. The molecule has 0 saturated carbocycles. The normalized spacial score (nSPS) is 31.1. The number of nitrogens with one attached hydrogen (secondary N) is 1. The van der Waals surface area contributed by atoms with Crippen molar-refractivity contribution in [2.45, 2.75) is 50.7 Å². The Balaban J connectivity index is 1.95. The van der Waals surface area contributed by atoms with Gasteiger partial charge in [-0.1, -0.05) is 0 Å². The summed E-state index contributed by atoms with van der Waals surface area (Å²) in [4.78, 5) is 13.4. The van der Waals surface area contributed by atoms with Crippen molar-refractivity contribution in [3.05, 3.63) is 0 Å². The maximum absolute atomic E-state index is 13.2. The minimum Gasteiger partial charge on any atom is -0.444 e. The molecule has 1 amide bonds. The number of carbonyl (C=O) groups excluding carboxylic acids is 1. The van der Waals surface area contributed by atoms with E-state index in [2.05, 4.69) is 5.32 Å². The lowest BCUT2D eigenvalue weighted by atomic mass is 9.96. The minimum atomic E-state index is -2.66. The third-order valence-electron chi connectivity index (χ3n) is 3.32. The second-order valence-electron chi connectivity index (χ2n) is 6.32. The van der Waals surface area contributed by atoms with Crippen LogP contribution >= 0.6 is 0 Å². The first-order valence-electron chi connectivity index (χ1n) is 6.22. The fourth-order valence-electron chi connectivity index (χ4n) is 2.58. The molecule has 6 heteroatoms. The van der Waals surface area contributed by atoms with Crippen LogP contribution in [0.3, 0.4) is 0 Å². The topological polar surface area (TPSA) is 41.6 Å². The van der Waals surface area contributed by atoms with Gasteiger partial charge in [0.05, 0.1) is 6.54 Å². The Hall–Kier alpha value is -0.910. The van der Waals surface area contributed by atoms with Crippen LogP contribution in [0.5, 0.6) is 0 Å². The smallest absolute Gasteiger partial charge is 0.410 e. The van der Waals surface area contributed by atoms with E-state index in [4.69, 9.17) is 4.74 Å². The predicted octanol–water partition coefficient (Wildman–Crippen LogP) is 1.99. The number of hydrogen-bond donors (Lipinski definition) is 1. The van der Waals surface area contributed by atoms with Gasteiger partial charge in [-0.3, -0.25) is 0 Å². The molecule has 1 spiro atoms. The fourth-order valence-corrected chi connectivity index (χ4v) is 2.58.